The van der Waals surface area contributed by atoms with E-state index in [1.807, 2.05) is 13.8 Å². The van der Waals surface area contributed by atoms with Crippen molar-refractivity contribution in [2.45, 2.75) is 25.2 Å². The Bertz CT molecular complexity index is 1010. The molecule has 3 rings (SSSR count). The molecule has 0 spiro atoms. The zero-order valence-corrected chi connectivity index (χ0v) is 17.7. The zero-order valence-electron chi connectivity index (χ0n) is 16.9. The molecule has 2 aromatic carbocycles. The van der Waals surface area contributed by atoms with Crippen LogP contribution in [0.1, 0.15) is 41.0 Å². The number of ether oxygens (including phenoxy) is 1. The van der Waals surface area contributed by atoms with Crippen LogP contribution >= 0.6 is 0 Å². The molecule has 8 heteroatoms. The third-order valence-electron chi connectivity index (χ3n) is 5.06. The lowest BCUT2D eigenvalue weighted by molar-refractivity contribution is 0.0474. The molecule has 1 fully saturated rings. The molecular formula is C22H24FNO5S. The largest absolute Gasteiger partial charge is 0.454 e. The normalized spacial score (nSPS) is 20.0. The first kappa shape index (κ1) is 22.1. The molecule has 0 radical (unpaired) electrons. The second-order valence-corrected chi connectivity index (χ2v) is 9.74. The number of hydrogen-bond donors (Lipinski definition) is 0. The first-order valence-electron chi connectivity index (χ1n) is 9.73. The molecule has 2 aromatic rings. The van der Waals surface area contributed by atoms with Gasteiger partial charge in [-0.1, -0.05) is 13.8 Å². The lowest BCUT2D eigenvalue weighted by Gasteiger charge is -2.34. The Balaban J connectivity index is 1.64. The fraction of sp³-hybridized carbons (Fsp3) is 0.364. The number of piperidine rings is 1. The molecule has 0 bridgehead atoms. The van der Waals surface area contributed by atoms with Gasteiger partial charge in [-0.3, -0.25) is 4.79 Å². The van der Waals surface area contributed by atoms with Gasteiger partial charge < -0.3 is 4.74 Å². The highest BCUT2D eigenvalue weighted by Gasteiger charge is 2.31. The minimum atomic E-state index is -3.64. The molecule has 6 nitrogen and oxygen atoms in total. The van der Waals surface area contributed by atoms with E-state index in [4.69, 9.17) is 4.74 Å². The molecule has 1 aliphatic heterocycles. The standard InChI is InChI=1S/C22H24FNO5S/c1-15-11-16(2)13-24(12-15)30(27,28)20-9-5-18(6-10-20)22(26)29-14-21(25)17-3-7-19(23)8-4-17/h3-10,15-16H,11-14H2,1-2H3. The molecule has 2 unspecified atom stereocenters. The Hall–Kier alpha value is -2.58. The van der Waals surface area contributed by atoms with Crippen molar-refractivity contribution >= 4 is 21.8 Å². The van der Waals surface area contributed by atoms with E-state index in [1.54, 1.807) is 0 Å². The number of carbonyl (C=O) groups is 2. The van der Waals surface area contributed by atoms with Crippen LogP contribution in [0.5, 0.6) is 0 Å². The van der Waals surface area contributed by atoms with Crippen LogP contribution in [-0.2, 0) is 14.8 Å². The summed E-state index contributed by atoms with van der Waals surface area (Å²) in [5.41, 5.74) is 0.372. The van der Waals surface area contributed by atoms with Crippen molar-refractivity contribution in [2.24, 2.45) is 11.8 Å². The number of Topliss-reactive ketones (excluding diaryl/α,β-unsaturated/α-hetero) is 1. The van der Waals surface area contributed by atoms with Crippen LogP contribution in [0, 0.1) is 17.7 Å². The summed E-state index contributed by atoms with van der Waals surface area (Å²) in [5.74, 6) is -1.09. The van der Waals surface area contributed by atoms with E-state index in [0.717, 1.165) is 18.6 Å². The summed E-state index contributed by atoms with van der Waals surface area (Å²) in [7, 11) is -3.64. The molecule has 2 atom stereocenters. The summed E-state index contributed by atoms with van der Waals surface area (Å²) < 4.78 is 45.2. The van der Waals surface area contributed by atoms with Gasteiger partial charge in [0.2, 0.25) is 10.0 Å². The number of halogens is 1. The fourth-order valence-electron chi connectivity index (χ4n) is 3.65. The third-order valence-corrected chi connectivity index (χ3v) is 6.91. The van der Waals surface area contributed by atoms with E-state index >= 15 is 0 Å². The molecule has 0 aromatic heterocycles. The van der Waals surface area contributed by atoms with Gasteiger partial charge in [0.25, 0.3) is 0 Å². The molecule has 0 aliphatic carbocycles. The summed E-state index contributed by atoms with van der Waals surface area (Å²) in [6.07, 6.45) is 0.993. The minimum Gasteiger partial charge on any atom is -0.454 e. The van der Waals surface area contributed by atoms with Crippen LogP contribution < -0.4 is 0 Å². The molecule has 0 saturated carbocycles. The number of nitrogens with zero attached hydrogens (tertiary/aromatic N) is 1. The fourth-order valence-corrected chi connectivity index (χ4v) is 5.33. The number of benzene rings is 2. The number of carbonyl (C=O) groups excluding carboxylic acids is 2. The smallest absolute Gasteiger partial charge is 0.338 e. The summed E-state index contributed by atoms with van der Waals surface area (Å²) in [6, 6.07) is 10.4. The molecule has 1 aliphatic rings. The van der Waals surface area contributed by atoms with Gasteiger partial charge in [-0.2, -0.15) is 4.31 Å². The Kier molecular flexibility index (Phi) is 6.67. The van der Waals surface area contributed by atoms with Crippen LogP contribution in [0.25, 0.3) is 0 Å². The van der Waals surface area contributed by atoms with E-state index in [0.29, 0.717) is 13.1 Å². The number of rotatable bonds is 6. The average molecular weight is 434 g/mol. The second kappa shape index (κ2) is 9.06. The zero-order chi connectivity index (χ0) is 21.9. The van der Waals surface area contributed by atoms with Gasteiger partial charge in [0.15, 0.2) is 12.4 Å². The monoisotopic (exact) mass is 433 g/mol. The first-order chi connectivity index (χ1) is 14.2. The summed E-state index contributed by atoms with van der Waals surface area (Å²) in [5, 5.41) is 0. The van der Waals surface area contributed by atoms with Crippen LogP contribution in [-0.4, -0.2) is 44.2 Å². The molecule has 160 valence electrons. The van der Waals surface area contributed by atoms with Crippen molar-refractivity contribution in [1.82, 2.24) is 4.31 Å². The maximum absolute atomic E-state index is 12.9. The van der Waals surface area contributed by atoms with E-state index < -0.39 is 34.2 Å². The molecule has 0 N–H and O–H groups in total. The number of ketones is 1. The maximum atomic E-state index is 12.9. The van der Waals surface area contributed by atoms with Crippen LogP contribution in [0.15, 0.2) is 53.4 Å². The van der Waals surface area contributed by atoms with E-state index in [9.17, 15) is 22.4 Å². The van der Waals surface area contributed by atoms with Crippen LogP contribution in [0.3, 0.4) is 0 Å². The van der Waals surface area contributed by atoms with E-state index in [2.05, 4.69) is 0 Å². The van der Waals surface area contributed by atoms with Crippen molar-refractivity contribution in [2.75, 3.05) is 19.7 Å². The second-order valence-electron chi connectivity index (χ2n) is 7.80. The van der Waals surface area contributed by atoms with E-state index in [1.165, 1.54) is 40.7 Å². The van der Waals surface area contributed by atoms with Gasteiger partial charge in [0, 0.05) is 18.7 Å². The number of sulfonamides is 1. The Morgan fingerprint density at radius 2 is 1.50 bits per heavy atom. The highest BCUT2D eigenvalue weighted by atomic mass is 32.2. The van der Waals surface area contributed by atoms with Gasteiger partial charge in [-0.25, -0.2) is 17.6 Å². The molecule has 1 saturated heterocycles. The van der Waals surface area contributed by atoms with Crippen molar-refractivity contribution in [3.8, 4) is 0 Å². The van der Waals surface area contributed by atoms with E-state index in [-0.39, 0.29) is 27.9 Å². The molecule has 30 heavy (non-hydrogen) atoms. The minimum absolute atomic E-state index is 0.114. The lowest BCUT2D eigenvalue weighted by Crippen LogP contribution is -2.42. The predicted molar refractivity (Wildman–Crippen MR) is 109 cm³/mol. The van der Waals surface area contributed by atoms with Crippen molar-refractivity contribution in [3.05, 3.63) is 65.5 Å². The summed E-state index contributed by atoms with van der Waals surface area (Å²) >= 11 is 0. The van der Waals surface area contributed by atoms with Crippen molar-refractivity contribution in [3.63, 3.8) is 0 Å². The quantitative estimate of drug-likeness (QED) is 0.514. The van der Waals surface area contributed by atoms with Gasteiger partial charge in [-0.15, -0.1) is 0 Å². The van der Waals surface area contributed by atoms with Crippen LogP contribution in [0.4, 0.5) is 4.39 Å². The van der Waals surface area contributed by atoms with Crippen molar-refractivity contribution < 1.29 is 27.1 Å². The van der Waals surface area contributed by atoms with Crippen LogP contribution in [0.2, 0.25) is 0 Å². The topological polar surface area (TPSA) is 80.8 Å². The highest BCUT2D eigenvalue weighted by Crippen LogP contribution is 2.26. The van der Waals surface area contributed by atoms with Crippen molar-refractivity contribution in [1.29, 1.82) is 0 Å². The van der Waals surface area contributed by atoms with Gasteiger partial charge >= 0.3 is 5.97 Å². The maximum Gasteiger partial charge on any atom is 0.338 e. The molecular weight excluding hydrogens is 409 g/mol. The molecule has 0 amide bonds. The highest BCUT2D eigenvalue weighted by molar-refractivity contribution is 7.89. The SMILES string of the molecule is CC1CC(C)CN(S(=O)(=O)c2ccc(C(=O)OCC(=O)c3ccc(F)cc3)cc2)C1. The molecule has 1 heterocycles. The Morgan fingerprint density at radius 1 is 0.967 bits per heavy atom. The first-order valence-corrected chi connectivity index (χ1v) is 11.2. The average Bonchev–Trinajstić information content (AvgIpc) is 2.71. The summed E-state index contributed by atoms with van der Waals surface area (Å²) in [4.78, 5) is 24.3. The Morgan fingerprint density at radius 3 is 2.07 bits per heavy atom. The third kappa shape index (κ3) is 5.12. The predicted octanol–water partition coefficient (Wildman–Crippen LogP) is 3.53. The Labute approximate surface area is 175 Å². The summed E-state index contributed by atoms with van der Waals surface area (Å²) in [6.45, 7) is 4.52. The van der Waals surface area contributed by atoms with Gasteiger partial charge in [0.1, 0.15) is 5.82 Å². The number of hydrogen-bond acceptors (Lipinski definition) is 5. The van der Waals surface area contributed by atoms with Gasteiger partial charge in [0.05, 0.1) is 10.5 Å². The van der Waals surface area contributed by atoms with Gasteiger partial charge in [-0.05, 0) is 66.8 Å². The lowest BCUT2D eigenvalue weighted by atomic mass is 9.94. The number of esters is 1.